The van der Waals surface area contributed by atoms with Crippen LogP contribution in [0.15, 0.2) is 16.8 Å². The van der Waals surface area contributed by atoms with Gasteiger partial charge in [0.2, 0.25) is 0 Å². The summed E-state index contributed by atoms with van der Waals surface area (Å²) in [5, 5.41) is 0. The summed E-state index contributed by atoms with van der Waals surface area (Å²) in [7, 11) is 0. The van der Waals surface area contributed by atoms with Gasteiger partial charge in [-0.05, 0) is 19.6 Å². The van der Waals surface area contributed by atoms with Crippen molar-refractivity contribution in [3.8, 4) is 0 Å². The first-order chi connectivity index (χ1) is 3.85. The molecule has 0 fully saturated rings. The van der Waals surface area contributed by atoms with E-state index in [0.29, 0.717) is 0 Å². The lowest BCUT2D eigenvalue weighted by atomic mass is 10.3. The van der Waals surface area contributed by atoms with E-state index in [4.69, 9.17) is 0 Å². The van der Waals surface area contributed by atoms with Crippen molar-refractivity contribution in [3.63, 3.8) is 0 Å². The molecule has 0 rings (SSSR count). The van der Waals surface area contributed by atoms with Crippen molar-refractivity contribution in [2.75, 3.05) is 0 Å². The molecule has 0 amide bonds. The first-order valence-corrected chi connectivity index (χ1v) is 3.00. The molecule has 46 valence electrons. The molecule has 0 atom stereocenters. The smallest absolute Gasteiger partial charge is 0.0353 e. The number of rotatable bonds is 3. The van der Waals surface area contributed by atoms with Crippen LogP contribution in [0.1, 0.15) is 26.7 Å². The molecule has 1 heteroatoms. The molecule has 0 saturated carbocycles. The van der Waals surface area contributed by atoms with E-state index in [1.165, 1.54) is 0 Å². The van der Waals surface area contributed by atoms with Gasteiger partial charge in [-0.1, -0.05) is 19.9 Å². The summed E-state index contributed by atoms with van der Waals surface area (Å²) in [6, 6.07) is 0. The molecule has 0 aromatic carbocycles. The summed E-state index contributed by atoms with van der Waals surface area (Å²) >= 11 is 0. The van der Waals surface area contributed by atoms with Crippen molar-refractivity contribution in [2.45, 2.75) is 26.7 Å². The Labute approximate surface area is 51.1 Å². The highest BCUT2D eigenvalue weighted by atomic mass is 14.7. The van der Waals surface area contributed by atoms with E-state index >= 15 is 0 Å². The summed E-state index contributed by atoms with van der Waals surface area (Å²) in [5.41, 5.74) is 1.10. The van der Waals surface area contributed by atoms with E-state index < -0.39 is 0 Å². The van der Waals surface area contributed by atoms with Crippen LogP contribution >= 0.6 is 0 Å². The third-order valence-corrected chi connectivity index (χ3v) is 1.01. The molecular formula is C7H13N. The van der Waals surface area contributed by atoms with E-state index in [1.807, 2.05) is 0 Å². The highest BCUT2D eigenvalue weighted by molar-refractivity contribution is 5.28. The fraction of sp³-hybridized carbons (Fsp3) is 0.571. The van der Waals surface area contributed by atoms with Gasteiger partial charge >= 0.3 is 0 Å². The Morgan fingerprint density at radius 2 is 2.25 bits per heavy atom. The molecule has 0 aromatic rings. The standard InChI is InChI=1S/C7H13N/c1-4-6-7(5-2)8-3/h6H,3-5H2,1-2H3/b7-6-. The van der Waals surface area contributed by atoms with E-state index in [0.717, 1.165) is 18.5 Å². The minimum absolute atomic E-state index is 0.997. The quantitative estimate of drug-likeness (QED) is 0.496. The summed E-state index contributed by atoms with van der Waals surface area (Å²) < 4.78 is 0. The monoisotopic (exact) mass is 111 g/mol. The number of allylic oxidation sites excluding steroid dienone is 2. The van der Waals surface area contributed by atoms with Crippen molar-refractivity contribution in [3.05, 3.63) is 11.8 Å². The van der Waals surface area contributed by atoms with Crippen LogP contribution in [-0.2, 0) is 0 Å². The molecule has 0 radical (unpaired) electrons. The van der Waals surface area contributed by atoms with Crippen LogP contribution in [0.25, 0.3) is 0 Å². The van der Waals surface area contributed by atoms with Crippen molar-refractivity contribution in [2.24, 2.45) is 4.99 Å². The molecule has 0 spiro atoms. The fourth-order valence-electron chi connectivity index (χ4n) is 0.556. The Bertz CT molecular complexity index is 92.6. The largest absolute Gasteiger partial charge is 0.269 e. The molecule has 0 aromatic heterocycles. The number of nitrogens with zero attached hydrogens (tertiary/aromatic N) is 1. The molecule has 0 aliphatic carbocycles. The normalized spacial score (nSPS) is 11.5. The highest BCUT2D eigenvalue weighted by Crippen LogP contribution is 2.00. The van der Waals surface area contributed by atoms with E-state index in [9.17, 15) is 0 Å². The van der Waals surface area contributed by atoms with Gasteiger partial charge in [0, 0.05) is 5.70 Å². The van der Waals surface area contributed by atoms with Crippen LogP contribution in [0, 0.1) is 0 Å². The lowest BCUT2D eigenvalue weighted by Crippen LogP contribution is -1.71. The second-order valence-electron chi connectivity index (χ2n) is 1.62. The van der Waals surface area contributed by atoms with Crippen LogP contribution in [0.4, 0.5) is 0 Å². The summed E-state index contributed by atoms with van der Waals surface area (Å²) in [5.74, 6) is 0. The van der Waals surface area contributed by atoms with Crippen LogP contribution in [-0.4, -0.2) is 6.72 Å². The number of aliphatic imine (C=N–C) groups is 1. The van der Waals surface area contributed by atoms with E-state index in [1.54, 1.807) is 0 Å². The summed E-state index contributed by atoms with van der Waals surface area (Å²) in [6.45, 7) is 7.61. The maximum absolute atomic E-state index is 3.81. The van der Waals surface area contributed by atoms with Gasteiger partial charge in [0.25, 0.3) is 0 Å². The van der Waals surface area contributed by atoms with Gasteiger partial charge in [0.1, 0.15) is 0 Å². The van der Waals surface area contributed by atoms with Gasteiger partial charge in [-0.2, -0.15) is 0 Å². The average molecular weight is 111 g/mol. The second-order valence-corrected chi connectivity index (χ2v) is 1.62. The van der Waals surface area contributed by atoms with Gasteiger partial charge in [-0.15, -0.1) is 0 Å². The third kappa shape index (κ3) is 2.56. The zero-order chi connectivity index (χ0) is 6.41. The minimum atomic E-state index is 0.997. The Kier molecular flexibility index (Phi) is 4.23. The topological polar surface area (TPSA) is 12.4 Å². The van der Waals surface area contributed by atoms with Crippen LogP contribution in [0.2, 0.25) is 0 Å². The molecule has 0 unspecified atom stereocenters. The average Bonchev–Trinajstić information content (AvgIpc) is 1.83. The molecule has 0 bridgehead atoms. The molecule has 1 nitrogen and oxygen atoms in total. The van der Waals surface area contributed by atoms with Crippen LogP contribution < -0.4 is 0 Å². The fourth-order valence-corrected chi connectivity index (χ4v) is 0.556. The molecule has 0 N–H and O–H groups in total. The second kappa shape index (κ2) is 4.57. The molecule has 0 heterocycles. The zero-order valence-corrected chi connectivity index (χ0v) is 5.65. The van der Waals surface area contributed by atoms with Gasteiger partial charge in [-0.3, -0.25) is 4.99 Å². The molecular weight excluding hydrogens is 98.1 g/mol. The van der Waals surface area contributed by atoms with E-state index in [-0.39, 0.29) is 0 Å². The minimum Gasteiger partial charge on any atom is -0.269 e. The SMILES string of the molecule is C=N/C(=C\CC)CC. The van der Waals surface area contributed by atoms with Crippen molar-refractivity contribution < 1.29 is 0 Å². The first kappa shape index (κ1) is 7.41. The first-order valence-electron chi connectivity index (χ1n) is 3.00. The van der Waals surface area contributed by atoms with Gasteiger partial charge in [-0.25, -0.2) is 0 Å². The van der Waals surface area contributed by atoms with Crippen molar-refractivity contribution in [1.29, 1.82) is 0 Å². The van der Waals surface area contributed by atoms with Gasteiger partial charge in [0.05, 0.1) is 0 Å². The van der Waals surface area contributed by atoms with Crippen LogP contribution in [0.3, 0.4) is 0 Å². The molecule has 8 heavy (non-hydrogen) atoms. The van der Waals surface area contributed by atoms with Gasteiger partial charge in [0.15, 0.2) is 0 Å². The highest BCUT2D eigenvalue weighted by Gasteiger charge is 1.82. The Morgan fingerprint density at radius 3 is 2.38 bits per heavy atom. The molecule has 0 saturated heterocycles. The van der Waals surface area contributed by atoms with Crippen molar-refractivity contribution >= 4 is 6.72 Å². The van der Waals surface area contributed by atoms with E-state index in [2.05, 4.69) is 31.6 Å². The Morgan fingerprint density at radius 1 is 1.62 bits per heavy atom. The molecule has 0 aliphatic heterocycles. The zero-order valence-electron chi connectivity index (χ0n) is 5.65. The maximum Gasteiger partial charge on any atom is 0.0353 e. The summed E-state index contributed by atoms with van der Waals surface area (Å²) in [6.07, 6.45) is 4.15. The Balaban J connectivity index is 3.66. The molecule has 0 aliphatic rings. The maximum atomic E-state index is 3.81. The third-order valence-electron chi connectivity index (χ3n) is 1.01. The summed E-state index contributed by atoms with van der Waals surface area (Å²) in [4.78, 5) is 3.81. The predicted octanol–water partition coefficient (Wildman–Crippen LogP) is 2.39. The number of hydrogen-bond donors (Lipinski definition) is 0. The number of hydrogen-bond acceptors (Lipinski definition) is 1. The Hall–Kier alpha value is -0.590. The van der Waals surface area contributed by atoms with Gasteiger partial charge < -0.3 is 0 Å². The lowest BCUT2D eigenvalue weighted by Gasteiger charge is -1.90. The predicted molar refractivity (Wildman–Crippen MR) is 38.2 cm³/mol. The van der Waals surface area contributed by atoms with Crippen LogP contribution in [0.5, 0.6) is 0 Å². The lowest BCUT2D eigenvalue weighted by molar-refractivity contribution is 1.04. The van der Waals surface area contributed by atoms with Crippen molar-refractivity contribution in [1.82, 2.24) is 0 Å².